The number of aromatic nitrogens is 3. The van der Waals surface area contributed by atoms with Crippen molar-refractivity contribution in [2.24, 2.45) is 0 Å². The quantitative estimate of drug-likeness (QED) is 0.187. The van der Waals surface area contributed by atoms with E-state index in [0.717, 1.165) is 40.1 Å². The molecule has 4 aromatic rings. The summed E-state index contributed by atoms with van der Waals surface area (Å²) in [6.07, 6.45) is 1.00. The van der Waals surface area contributed by atoms with Gasteiger partial charge in [0.25, 0.3) is 5.91 Å². The summed E-state index contributed by atoms with van der Waals surface area (Å²) in [5.74, 6) is 1.92. The van der Waals surface area contributed by atoms with Crippen LogP contribution in [0.3, 0.4) is 0 Å². The van der Waals surface area contributed by atoms with E-state index in [1.165, 1.54) is 0 Å². The largest absolute Gasteiger partial charge is 0.489 e. The number of carbonyl (C=O) groups excluding carboxylic acids is 1. The zero-order valence-corrected chi connectivity index (χ0v) is 25.6. The van der Waals surface area contributed by atoms with Gasteiger partial charge in [-0.15, -0.1) is 5.10 Å². The summed E-state index contributed by atoms with van der Waals surface area (Å²) in [6.45, 7) is 8.32. The van der Waals surface area contributed by atoms with E-state index in [1.54, 1.807) is 28.6 Å². The molecule has 1 amide bonds. The first-order chi connectivity index (χ1) is 19.7. The van der Waals surface area contributed by atoms with Crippen LogP contribution in [0, 0.1) is 13.8 Å². The van der Waals surface area contributed by atoms with Crippen LogP contribution < -0.4 is 15.4 Å². The van der Waals surface area contributed by atoms with Crippen LogP contribution in [0.25, 0.3) is 0 Å². The van der Waals surface area contributed by atoms with Crippen LogP contribution in [-0.4, -0.2) is 26.4 Å². The number of fused-ring (bicyclic) bond motifs is 1. The second-order valence-electron chi connectivity index (χ2n) is 9.88. The van der Waals surface area contributed by atoms with Crippen LogP contribution in [0.4, 0.5) is 11.6 Å². The van der Waals surface area contributed by atoms with Crippen molar-refractivity contribution in [3.05, 3.63) is 104 Å². The summed E-state index contributed by atoms with van der Waals surface area (Å²) < 4.78 is 7.92. The van der Waals surface area contributed by atoms with Crippen molar-refractivity contribution >= 4 is 52.5 Å². The van der Waals surface area contributed by atoms with Gasteiger partial charge in [0.15, 0.2) is 0 Å². The first-order valence-corrected chi connectivity index (χ1v) is 15.1. The molecule has 2 heterocycles. The highest BCUT2D eigenvalue weighted by molar-refractivity contribution is 7.99. The van der Waals surface area contributed by atoms with Crippen molar-refractivity contribution in [3.63, 3.8) is 0 Å². The number of nitrogens with zero attached hydrogens (tertiary/aromatic N) is 3. The van der Waals surface area contributed by atoms with Crippen molar-refractivity contribution in [2.75, 3.05) is 16.4 Å². The van der Waals surface area contributed by atoms with Crippen LogP contribution in [-0.2, 0) is 11.4 Å². The zero-order valence-electron chi connectivity index (χ0n) is 23.3. The average molecular weight is 609 g/mol. The Balaban J connectivity index is 1.51. The summed E-state index contributed by atoms with van der Waals surface area (Å²) in [6, 6.07) is 18.4. The van der Waals surface area contributed by atoms with Gasteiger partial charge in [-0.05, 0) is 74.2 Å². The molecule has 1 aliphatic rings. The molecule has 0 saturated carbocycles. The Labute approximate surface area is 254 Å². The van der Waals surface area contributed by atoms with Crippen LogP contribution >= 0.6 is 35.0 Å². The molecule has 10 heteroatoms. The molecular formula is C31H31Cl2N5O2S. The molecule has 1 atom stereocenters. The van der Waals surface area contributed by atoms with Gasteiger partial charge in [-0.2, -0.15) is 4.98 Å². The summed E-state index contributed by atoms with van der Waals surface area (Å²) >= 11 is 14.0. The molecule has 5 rings (SSSR count). The van der Waals surface area contributed by atoms with Gasteiger partial charge >= 0.3 is 0 Å². The number of rotatable bonds is 9. The third-order valence-corrected chi connectivity index (χ3v) is 8.58. The van der Waals surface area contributed by atoms with Crippen molar-refractivity contribution in [1.29, 1.82) is 0 Å². The van der Waals surface area contributed by atoms with Gasteiger partial charge in [0, 0.05) is 32.7 Å². The molecule has 1 aliphatic heterocycles. The number of hydrogen-bond donors (Lipinski definition) is 2. The second-order valence-corrected chi connectivity index (χ2v) is 11.8. The average Bonchev–Trinajstić information content (AvgIpc) is 3.35. The van der Waals surface area contributed by atoms with Gasteiger partial charge in [0.2, 0.25) is 11.1 Å². The number of nitrogens with one attached hydrogen (secondary N) is 2. The van der Waals surface area contributed by atoms with Gasteiger partial charge in [-0.1, -0.05) is 72.2 Å². The summed E-state index contributed by atoms with van der Waals surface area (Å²) in [5, 5.41) is 13.0. The van der Waals surface area contributed by atoms with Crippen molar-refractivity contribution in [2.45, 2.75) is 51.9 Å². The molecule has 0 radical (unpaired) electrons. The van der Waals surface area contributed by atoms with Crippen molar-refractivity contribution < 1.29 is 9.53 Å². The maximum atomic E-state index is 13.9. The first kappa shape index (κ1) is 29.0. The molecule has 1 unspecified atom stereocenters. The fourth-order valence-corrected chi connectivity index (χ4v) is 5.79. The topological polar surface area (TPSA) is 81.1 Å². The van der Waals surface area contributed by atoms with Crippen LogP contribution in [0.2, 0.25) is 10.0 Å². The fourth-order valence-electron chi connectivity index (χ4n) is 4.64. The highest BCUT2D eigenvalue weighted by atomic mass is 35.5. The van der Waals surface area contributed by atoms with Gasteiger partial charge in [-0.25, -0.2) is 4.68 Å². The number of hydrogen-bond acceptors (Lipinski definition) is 6. The Kier molecular flexibility index (Phi) is 8.92. The van der Waals surface area contributed by atoms with Crippen LogP contribution in [0.1, 0.15) is 48.6 Å². The lowest BCUT2D eigenvalue weighted by Crippen LogP contribution is -2.31. The number of ether oxygens (including phenoxy) is 1. The number of carbonyl (C=O) groups is 1. The molecule has 3 aromatic carbocycles. The molecule has 212 valence electrons. The Morgan fingerprint density at radius 1 is 1.10 bits per heavy atom. The highest BCUT2D eigenvalue weighted by Crippen LogP contribution is 2.38. The molecule has 0 spiro atoms. The SMILES string of the molecule is CCCSc1nc2n(n1)C(c1cccc(OCc3ccc(Cl)cc3Cl)c1)C(C(=O)Nc1cccc(C)c1C)=C(C)N2. The zero-order chi connectivity index (χ0) is 29.1. The molecule has 0 bridgehead atoms. The molecule has 0 aliphatic carbocycles. The lowest BCUT2D eigenvalue weighted by atomic mass is 9.94. The molecular weight excluding hydrogens is 577 g/mol. The van der Waals surface area contributed by atoms with Crippen LogP contribution in [0.5, 0.6) is 5.75 Å². The minimum absolute atomic E-state index is 0.211. The third-order valence-electron chi connectivity index (χ3n) is 6.95. The van der Waals surface area contributed by atoms with Crippen LogP contribution in [0.15, 0.2) is 77.1 Å². The number of benzene rings is 3. The monoisotopic (exact) mass is 607 g/mol. The van der Waals surface area contributed by atoms with E-state index in [4.69, 9.17) is 38.0 Å². The van der Waals surface area contributed by atoms with Crippen molar-refractivity contribution in [3.8, 4) is 5.75 Å². The van der Waals surface area contributed by atoms with Gasteiger partial charge in [0.1, 0.15) is 18.4 Å². The Morgan fingerprint density at radius 2 is 1.90 bits per heavy atom. The minimum Gasteiger partial charge on any atom is -0.489 e. The van der Waals surface area contributed by atoms with Gasteiger partial charge in [-0.3, -0.25) is 4.79 Å². The highest BCUT2D eigenvalue weighted by Gasteiger charge is 2.35. The molecule has 0 saturated heterocycles. The van der Waals surface area contributed by atoms with E-state index in [9.17, 15) is 4.79 Å². The number of halogens is 2. The first-order valence-electron chi connectivity index (χ1n) is 13.4. The Morgan fingerprint density at radius 3 is 2.68 bits per heavy atom. The second kappa shape index (κ2) is 12.6. The fraction of sp³-hybridized carbons (Fsp3) is 0.258. The number of aryl methyl sites for hydroxylation is 1. The number of amides is 1. The summed E-state index contributed by atoms with van der Waals surface area (Å²) in [7, 11) is 0. The minimum atomic E-state index is -0.525. The molecule has 41 heavy (non-hydrogen) atoms. The smallest absolute Gasteiger partial charge is 0.255 e. The number of thioether (sulfide) groups is 1. The van der Waals surface area contributed by atoms with E-state index >= 15 is 0 Å². The molecule has 7 nitrogen and oxygen atoms in total. The van der Waals surface area contributed by atoms with Gasteiger partial charge in [0.05, 0.1) is 5.57 Å². The van der Waals surface area contributed by atoms with E-state index < -0.39 is 6.04 Å². The normalized spacial score (nSPS) is 14.4. The maximum absolute atomic E-state index is 13.9. The number of anilines is 2. The Bertz CT molecular complexity index is 1630. The van der Waals surface area contributed by atoms with E-state index in [-0.39, 0.29) is 12.5 Å². The summed E-state index contributed by atoms with van der Waals surface area (Å²) in [5.41, 5.74) is 5.83. The molecule has 1 aromatic heterocycles. The van der Waals surface area contributed by atoms with Gasteiger partial charge < -0.3 is 15.4 Å². The van der Waals surface area contributed by atoms with E-state index in [1.807, 2.05) is 69.3 Å². The molecule has 0 fully saturated rings. The van der Waals surface area contributed by atoms with Crippen molar-refractivity contribution in [1.82, 2.24) is 14.8 Å². The predicted octanol–water partition coefficient (Wildman–Crippen LogP) is 8.21. The Hall–Kier alpha value is -3.46. The standard InChI is InChI=1S/C31H31Cl2N5O2S/c1-5-14-41-31-36-30-34-20(4)27(29(39)35-26-11-6-8-18(2)19(26)3)28(38(30)37-31)21-9-7-10-24(15-21)40-17-22-12-13-23(32)16-25(22)33/h6-13,15-16,28H,5,14,17H2,1-4H3,(H,35,39)(H,34,36,37). The van der Waals surface area contributed by atoms with E-state index in [0.29, 0.717) is 38.2 Å². The third kappa shape index (κ3) is 6.40. The lowest BCUT2D eigenvalue weighted by Gasteiger charge is -2.29. The maximum Gasteiger partial charge on any atom is 0.255 e. The predicted molar refractivity (Wildman–Crippen MR) is 167 cm³/mol. The summed E-state index contributed by atoms with van der Waals surface area (Å²) in [4.78, 5) is 18.7. The van der Waals surface area contributed by atoms with E-state index in [2.05, 4.69) is 17.6 Å². The number of allylic oxidation sites excluding steroid dienone is 1. The molecule has 2 N–H and O–H groups in total. The lowest BCUT2D eigenvalue weighted by molar-refractivity contribution is -0.113.